The van der Waals surface area contributed by atoms with Crippen LogP contribution in [0, 0.1) is 17.4 Å². The quantitative estimate of drug-likeness (QED) is 0.262. The Morgan fingerprint density at radius 2 is 1.79 bits per heavy atom. The van der Waals surface area contributed by atoms with E-state index in [1.54, 1.807) is 13.2 Å². The first-order chi connectivity index (χ1) is 16.6. The molecule has 1 aliphatic rings. The number of benzene rings is 2. The Balaban J connectivity index is 1.77. The van der Waals surface area contributed by atoms with Crippen LogP contribution in [0.5, 0.6) is 5.75 Å². The van der Waals surface area contributed by atoms with Gasteiger partial charge in [-0.3, -0.25) is 15.1 Å². The van der Waals surface area contributed by atoms with E-state index >= 15 is 0 Å². The van der Waals surface area contributed by atoms with Crippen molar-refractivity contribution in [3.05, 3.63) is 65.7 Å². The number of hydrogen-bond acceptors (Lipinski definition) is 4. The number of carbonyl (C=O) groups is 1. The van der Waals surface area contributed by atoms with Crippen LogP contribution in [0.3, 0.4) is 0 Å². The zero-order valence-electron chi connectivity index (χ0n) is 20.3. The first-order valence-corrected chi connectivity index (χ1v) is 12.1. The fourth-order valence-corrected chi connectivity index (χ4v) is 4.91. The van der Waals surface area contributed by atoms with Crippen LogP contribution < -0.4 is 15.4 Å². The number of nitriles is 1. The Morgan fingerprint density at radius 1 is 1.12 bits per heavy atom. The van der Waals surface area contributed by atoms with Crippen LogP contribution >= 0.6 is 0 Å². The Hall–Kier alpha value is -3.53. The lowest BCUT2D eigenvalue weighted by Gasteiger charge is -2.40. The molecule has 1 amide bonds. The molecule has 0 aromatic heterocycles. The third kappa shape index (κ3) is 6.07. The predicted octanol–water partition coefficient (Wildman–Crippen LogP) is 4.49. The van der Waals surface area contributed by atoms with Crippen LogP contribution in [0.25, 0.3) is 0 Å². The molecular weight excluding hydrogens is 426 g/mol. The van der Waals surface area contributed by atoms with Crippen LogP contribution in [-0.4, -0.2) is 43.0 Å². The van der Waals surface area contributed by atoms with E-state index in [0.29, 0.717) is 35.8 Å². The molecule has 1 atom stereocenters. The molecule has 180 valence electrons. The normalized spacial score (nSPS) is 18.9. The van der Waals surface area contributed by atoms with Crippen molar-refractivity contribution in [3.8, 4) is 11.9 Å². The van der Waals surface area contributed by atoms with Gasteiger partial charge in [0.15, 0.2) is 6.19 Å². The number of hydrogen-bond donors (Lipinski definition) is 2. The average Bonchev–Trinajstić information content (AvgIpc) is 2.89. The molecule has 0 heterocycles. The Kier molecular flexibility index (Phi) is 9.33. The fraction of sp³-hybridized carbons (Fsp3) is 0.444. The van der Waals surface area contributed by atoms with E-state index in [-0.39, 0.29) is 11.9 Å². The maximum atomic E-state index is 13.2. The second-order valence-corrected chi connectivity index (χ2v) is 8.45. The van der Waals surface area contributed by atoms with Gasteiger partial charge in [-0.05, 0) is 63.1 Å². The van der Waals surface area contributed by atoms with E-state index in [4.69, 9.17) is 10.00 Å². The summed E-state index contributed by atoms with van der Waals surface area (Å²) in [6.45, 7) is 5.48. The first-order valence-electron chi connectivity index (χ1n) is 12.1. The molecule has 2 aromatic rings. The van der Waals surface area contributed by atoms with Crippen molar-refractivity contribution in [2.75, 3.05) is 20.2 Å². The second kappa shape index (κ2) is 12.6. The molecule has 2 N–H and O–H groups in total. The fourth-order valence-electron chi connectivity index (χ4n) is 4.91. The number of carbonyl (C=O) groups excluding carboxylic acids is 1. The van der Waals surface area contributed by atoms with E-state index in [2.05, 4.69) is 39.6 Å². The van der Waals surface area contributed by atoms with Crippen molar-refractivity contribution in [2.24, 2.45) is 10.9 Å². The summed E-state index contributed by atoms with van der Waals surface area (Å²) in [4.78, 5) is 19.9. The van der Waals surface area contributed by atoms with Crippen molar-refractivity contribution >= 4 is 11.9 Å². The summed E-state index contributed by atoms with van der Waals surface area (Å²) < 4.78 is 5.41. The molecule has 0 saturated heterocycles. The van der Waals surface area contributed by atoms with Crippen LogP contribution in [0.4, 0.5) is 0 Å². The highest BCUT2D eigenvalue weighted by Crippen LogP contribution is 2.36. The van der Waals surface area contributed by atoms with Gasteiger partial charge in [0.05, 0.1) is 18.7 Å². The summed E-state index contributed by atoms with van der Waals surface area (Å²) in [6, 6.07) is 17.7. The molecule has 0 radical (unpaired) electrons. The molecule has 1 fully saturated rings. The van der Waals surface area contributed by atoms with Gasteiger partial charge in [0.2, 0.25) is 5.96 Å². The SMILES string of the molecule is CCN=C(NC#N)N(CC)C1CCC(C(NC(=O)c2ccccc2OC)c2ccccc2)CC1. The maximum absolute atomic E-state index is 13.2. The number of amides is 1. The molecule has 7 heteroatoms. The van der Waals surface area contributed by atoms with Gasteiger partial charge >= 0.3 is 0 Å². The standard InChI is InChI=1S/C27H35N5O2/c1-4-29-27(30-19-28)32(5-2)22-17-15-21(16-18-22)25(20-11-7-6-8-12-20)31-26(33)23-13-9-10-14-24(23)34-3/h6-14,21-22,25H,4-5,15-18H2,1-3H3,(H,29,30)(H,31,33). The molecule has 34 heavy (non-hydrogen) atoms. The van der Waals surface area contributed by atoms with Gasteiger partial charge in [-0.25, -0.2) is 0 Å². The Labute approximate surface area is 202 Å². The number of rotatable bonds is 8. The van der Waals surface area contributed by atoms with Crippen molar-refractivity contribution in [1.82, 2.24) is 15.5 Å². The van der Waals surface area contributed by atoms with Gasteiger partial charge in [-0.2, -0.15) is 5.26 Å². The highest BCUT2D eigenvalue weighted by atomic mass is 16.5. The van der Waals surface area contributed by atoms with Crippen molar-refractivity contribution < 1.29 is 9.53 Å². The average molecular weight is 462 g/mol. The number of ether oxygens (including phenoxy) is 1. The minimum atomic E-state index is -0.126. The first kappa shape index (κ1) is 25.1. The number of nitrogens with zero attached hydrogens (tertiary/aromatic N) is 3. The minimum Gasteiger partial charge on any atom is -0.496 e. The number of methoxy groups -OCH3 is 1. The minimum absolute atomic E-state index is 0.0874. The third-order valence-electron chi connectivity index (χ3n) is 6.54. The van der Waals surface area contributed by atoms with Crippen LogP contribution in [0.2, 0.25) is 0 Å². The molecule has 0 aliphatic heterocycles. The Bertz CT molecular complexity index is 994. The molecule has 0 bridgehead atoms. The number of aliphatic imine (C=N–C) groups is 1. The summed E-state index contributed by atoms with van der Waals surface area (Å²) in [5, 5.41) is 15.2. The zero-order valence-corrected chi connectivity index (χ0v) is 20.3. The van der Waals surface area contributed by atoms with Gasteiger partial charge in [-0.15, -0.1) is 0 Å². The van der Waals surface area contributed by atoms with E-state index in [0.717, 1.165) is 37.8 Å². The number of nitrogens with one attached hydrogen (secondary N) is 2. The van der Waals surface area contributed by atoms with Crippen molar-refractivity contribution in [1.29, 1.82) is 5.26 Å². The lowest BCUT2D eigenvalue weighted by Crippen LogP contribution is -2.48. The molecule has 0 spiro atoms. The molecule has 1 saturated carbocycles. The zero-order chi connectivity index (χ0) is 24.3. The van der Waals surface area contributed by atoms with Crippen molar-refractivity contribution in [3.63, 3.8) is 0 Å². The molecule has 2 aromatic carbocycles. The molecule has 3 rings (SSSR count). The van der Waals surface area contributed by atoms with E-state index in [1.807, 2.05) is 49.5 Å². The highest BCUT2D eigenvalue weighted by molar-refractivity contribution is 5.97. The van der Waals surface area contributed by atoms with Crippen LogP contribution in [0.15, 0.2) is 59.6 Å². The van der Waals surface area contributed by atoms with Crippen LogP contribution in [0.1, 0.15) is 61.5 Å². The summed E-state index contributed by atoms with van der Waals surface area (Å²) in [7, 11) is 1.58. The lowest BCUT2D eigenvalue weighted by molar-refractivity contribution is 0.0900. The van der Waals surface area contributed by atoms with Gasteiger partial charge < -0.3 is 15.0 Å². The van der Waals surface area contributed by atoms with Crippen molar-refractivity contribution in [2.45, 2.75) is 51.6 Å². The predicted molar refractivity (Wildman–Crippen MR) is 134 cm³/mol. The van der Waals surface area contributed by atoms with Crippen LogP contribution in [-0.2, 0) is 0 Å². The molecule has 1 aliphatic carbocycles. The molecule has 1 unspecified atom stereocenters. The number of para-hydroxylation sites is 1. The topological polar surface area (TPSA) is 89.8 Å². The summed E-state index contributed by atoms with van der Waals surface area (Å²) >= 11 is 0. The van der Waals surface area contributed by atoms with E-state index in [9.17, 15) is 4.79 Å². The van der Waals surface area contributed by atoms with Gasteiger partial charge in [0.1, 0.15) is 5.75 Å². The van der Waals surface area contributed by atoms with Gasteiger partial charge in [-0.1, -0.05) is 42.5 Å². The van der Waals surface area contributed by atoms with Gasteiger partial charge in [0.25, 0.3) is 5.91 Å². The highest BCUT2D eigenvalue weighted by Gasteiger charge is 2.33. The van der Waals surface area contributed by atoms with E-state index < -0.39 is 0 Å². The van der Waals surface area contributed by atoms with E-state index in [1.165, 1.54) is 0 Å². The molecule has 7 nitrogen and oxygen atoms in total. The smallest absolute Gasteiger partial charge is 0.255 e. The Morgan fingerprint density at radius 3 is 2.41 bits per heavy atom. The number of guanidine groups is 1. The monoisotopic (exact) mass is 461 g/mol. The summed E-state index contributed by atoms with van der Waals surface area (Å²) in [6.07, 6.45) is 5.91. The molecular formula is C27H35N5O2. The maximum Gasteiger partial charge on any atom is 0.255 e. The summed E-state index contributed by atoms with van der Waals surface area (Å²) in [5.41, 5.74) is 1.65. The van der Waals surface area contributed by atoms with Gasteiger partial charge in [0, 0.05) is 19.1 Å². The third-order valence-corrected chi connectivity index (χ3v) is 6.54. The summed E-state index contributed by atoms with van der Waals surface area (Å²) in [5.74, 6) is 1.41. The lowest BCUT2D eigenvalue weighted by atomic mass is 9.78. The largest absolute Gasteiger partial charge is 0.496 e. The second-order valence-electron chi connectivity index (χ2n) is 8.45.